The molecule has 3 nitrogen and oxygen atoms in total. The quantitative estimate of drug-likeness (QED) is 0.646. The highest BCUT2D eigenvalue weighted by Crippen LogP contribution is 2.12. The van der Waals surface area contributed by atoms with Gasteiger partial charge in [-0.3, -0.25) is 0 Å². The lowest BCUT2D eigenvalue weighted by Gasteiger charge is -2.16. The molecule has 0 aromatic carbocycles. The minimum absolute atomic E-state index is 0.313. The highest BCUT2D eigenvalue weighted by molar-refractivity contribution is 4.64. The molecule has 2 atom stereocenters. The Hall–Kier alpha value is -0.120. The summed E-state index contributed by atoms with van der Waals surface area (Å²) in [5.41, 5.74) is 0. The molecule has 0 aromatic rings. The van der Waals surface area contributed by atoms with Gasteiger partial charge in [-0.1, -0.05) is 13.8 Å². The molecule has 0 amide bonds. The summed E-state index contributed by atoms with van der Waals surface area (Å²) in [6, 6.07) is 0. The van der Waals surface area contributed by atoms with Gasteiger partial charge in [-0.15, -0.1) is 0 Å². The van der Waals surface area contributed by atoms with Crippen molar-refractivity contribution >= 4 is 0 Å². The molecule has 1 N–H and O–H groups in total. The summed E-state index contributed by atoms with van der Waals surface area (Å²) in [7, 11) is 0. The first kappa shape index (κ1) is 13.9. The summed E-state index contributed by atoms with van der Waals surface area (Å²) < 4.78 is 11.1. The fourth-order valence-corrected chi connectivity index (χ4v) is 1.77. The second-order valence-electron chi connectivity index (χ2n) is 5.26. The molecular weight excluding hydrogens is 202 g/mol. The maximum atomic E-state index is 5.79. The molecule has 0 radical (unpaired) electrons. The van der Waals surface area contributed by atoms with Crippen LogP contribution in [0.25, 0.3) is 0 Å². The maximum Gasteiger partial charge on any atom is 0.0671 e. The summed E-state index contributed by atoms with van der Waals surface area (Å²) in [4.78, 5) is 0. The van der Waals surface area contributed by atoms with Crippen LogP contribution in [-0.4, -0.2) is 39.0 Å². The van der Waals surface area contributed by atoms with Gasteiger partial charge in [-0.2, -0.15) is 0 Å². The molecule has 1 heterocycles. The number of ether oxygens (including phenoxy) is 2. The largest absolute Gasteiger partial charge is 0.381 e. The fraction of sp³-hybridized carbons (Fsp3) is 1.00. The molecule has 1 aliphatic heterocycles. The highest BCUT2D eigenvalue weighted by Gasteiger charge is 2.16. The smallest absolute Gasteiger partial charge is 0.0671 e. The maximum absolute atomic E-state index is 5.79. The molecule has 3 heteroatoms. The normalized spacial score (nSPS) is 22.9. The molecule has 96 valence electrons. The van der Waals surface area contributed by atoms with Gasteiger partial charge in [-0.25, -0.2) is 0 Å². The van der Waals surface area contributed by atoms with Gasteiger partial charge in [0.05, 0.1) is 19.3 Å². The number of rotatable bonds is 8. The van der Waals surface area contributed by atoms with Gasteiger partial charge in [0.2, 0.25) is 0 Å². The van der Waals surface area contributed by atoms with E-state index in [1.165, 1.54) is 6.42 Å². The van der Waals surface area contributed by atoms with Gasteiger partial charge in [-0.05, 0) is 32.2 Å². The number of hydrogen-bond acceptors (Lipinski definition) is 3. The van der Waals surface area contributed by atoms with E-state index in [0.717, 1.165) is 45.2 Å². The summed E-state index contributed by atoms with van der Waals surface area (Å²) in [6.45, 7) is 11.3. The first-order valence-corrected chi connectivity index (χ1v) is 6.58. The van der Waals surface area contributed by atoms with Crippen molar-refractivity contribution in [2.24, 2.45) is 11.8 Å². The van der Waals surface area contributed by atoms with Crippen LogP contribution < -0.4 is 5.32 Å². The van der Waals surface area contributed by atoms with Crippen molar-refractivity contribution in [3.05, 3.63) is 0 Å². The Morgan fingerprint density at radius 2 is 2.19 bits per heavy atom. The minimum Gasteiger partial charge on any atom is -0.381 e. The van der Waals surface area contributed by atoms with E-state index in [2.05, 4.69) is 26.1 Å². The zero-order chi connectivity index (χ0) is 11.8. The molecule has 2 unspecified atom stereocenters. The van der Waals surface area contributed by atoms with E-state index in [1.807, 2.05) is 0 Å². The topological polar surface area (TPSA) is 30.5 Å². The van der Waals surface area contributed by atoms with Gasteiger partial charge in [0.25, 0.3) is 0 Å². The van der Waals surface area contributed by atoms with E-state index in [1.54, 1.807) is 0 Å². The van der Waals surface area contributed by atoms with Crippen molar-refractivity contribution in [2.45, 2.75) is 39.7 Å². The Balaban J connectivity index is 1.91. The van der Waals surface area contributed by atoms with Crippen molar-refractivity contribution in [3.63, 3.8) is 0 Å². The Morgan fingerprint density at radius 3 is 2.81 bits per heavy atom. The second kappa shape index (κ2) is 8.04. The first-order chi connectivity index (χ1) is 7.68. The van der Waals surface area contributed by atoms with E-state index >= 15 is 0 Å². The number of hydrogen-bond donors (Lipinski definition) is 1. The third-order valence-corrected chi connectivity index (χ3v) is 2.97. The first-order valence-electron chi connectivity index (χ1n) is 6.58. The van der Waals surface area contributed by atoms with Gasteiger partial charge < -0.3 is 14.8 Å². The van der Waals surface area contributed by atoms with Crippen LogP contribution in [0.2, 0.25) is 0 Å². The van der Waals surface area contributed by atoms with Crippen LogP contribution in [0, 0.1) is 11.8 Å². The highest BCUT2D eigenvalue weighted by atomic mass is 16.5. The van der Waals surface area contributed by atoms with Crippen LogP contribution in [-0.2, 0) is 9.47 Å². The van der Waals surface area contributed by atoms with Crippen molar-refractivity contribution in [1.29, 1.82) is 0 Å². The molecule has 0 bridgehead atoms. The fourth-order valence-electron chi connectivity index (χ4n) is 1.77. The standard InChI is InChI=1S/C13H27NO2/c1-11(2)4-6-14-8-12(3)16-10-13-5-7-15-9-13/h11-14H,4-10H2,1-3H3. The van der Waals surface area contributed by atoms with Gasteiger partial charge in [0.1, 0.15) is 0 Å². The molecule has 1 rings (SSSR count). The average molecular weight is 229 g/mol. The molecule has 0 spiro atoms. The predicted octanol–water partition coefficient (Wildman–Crippen LogP) is 2.06. The number of nitrogens with one attached hydrogen (secondary N) is 1. The lowest BCUT2D eigenvalue weighted by Crippen LogP contribution is -2.29. The lowest BCUT2D eigenvalue weighted by atomic mass is 10.1. The molecule has 0 aliphatic carbocycles. The van der Waals surface area contributed by atoms with Crippen molar-refractivity contribution in [3.8, 4) is 0 Å². The molecule has 1 aliphatic rings. The summed E-state index contributed by atoms with van der Waals surface area (Å²) in [5, 5.41) is 3.44. The van der Waals surface area contributed by atoms with Crippen molar-refractivity contribution in [1.82, 2.24) is 5.32 Å². The molecule has 0 saturated carbocycles. The van der Waals surface area contributed by atoms with E-state index in [9.17, 15) is 0 Å². The third-order valence-electron chi connectivity index (χ3n) is 2.97. The van der Waals surface area contributed by atoms with E-state index in [0.29, 0.717) is 12.0 Å². The molecule has 1 saturated heterocycles. The Labute approximate surface area is 99.9 Å². The second-order valence-corrected chi connectivity index (χ2v) is 5.26. The zero-order valence-corrected chi connectivity index (χ0v) is 11.0. The van der Waals surface area contributed by atoms with Gasteiger partial charge >= 0.3 is 0 Å². The van der Waals surface area contributed by atoms with Crippen LogP contribution in [0.4, 0.5) is 0 Å². The van der Waals surface area contributed by atoms with Crippen LogP contribution >= 0.6 is 0 Å². The minimum atomic E-state index is 0.313. The summed E-state index contributed by atoms with van der Waals surface area (Å²) in [6.07, 6.45) is 2.71. The molecule has 16 heavy (non-hydrogen) atoms. The SMILES string of the molecule is CC(C)CCNCC(C)OCC1CCOC1. The Morgan fingerprint density at radius 1 is 1.38 bits per heavy atom. The van der Waals surface area contributed by atoms with Crippen LogP contribution in [0.3, 0.4) is 0 Å². The van der Waals surface area contributed by atoms with Crippen molar-refractivity contribution in [2.75, 3.05) is 32.9 Å². The van der Waals surface area contributed by atoms with Crippen LogP contribution in [0.15, 0.2) is 0 Å². The molecule has 0 aromatic heterocycles. The molecule has 1 fully saturated rings. The third kappa shape index (κ3) is 6.46. The average Bonchev–Trinajstić information content (AvgIpc) is 2.74. The van der Waals surface area contributed by atoms with Crippen molar-refractivity contribution < 1.29 is 9.47 Å². The Bertz CT molecular complexity index is 167. The summed E-state index contributed by atoms with van der Waals surface area (Å²) >= 11 is 0. The Kier molecular flexibility index (Phi) is 7.01. The lowest BCUT2D eigenvalue weighted by molar-refractivity contribution is 0.0369. The van der Waals surface area contributed by atoms with Crippen LogP contribution in [0.5, 0.6) is 0 Å². The van der Waals surface area contributed by atoms with Gasteiger partial charge in [0, 0.05) is 19.1 Å². The zero-order valence-electron chi connectivity index (χ0n) is 11.0. The van der Waals surface area contributed by atoms with Gasteiger partial charge in [0.15, 0.2) is 0 Å². The van der Waals surface area contributed by atoms with E-state index in [-0.39, 0.29) is 0 Å². The summed E-state index contributed by atoms with van der Waals surface area (Å²) in [5.74, 6) is 1.40. The molecular formula is C13H27NO2. The van der Waals surface area contributed by atoms with Crippen LogP contribution in [0.1, 0.15) is 33.6 Å². The monoisotopic (exact) mass is 229 g/mol. The van der Waals surface area contributed by atoms with E-state index < -0.39 is 0 Å². The van der Waals surface area contributed by atoms with E-state index in [4.69, 9.17) is 9.47 Å². The predicted molar refractivity (Wildman–Crippen MR) is 66.7 cm³/mol.